The zero-order valence-corrected chi connectivity index (χ0v) is 13.1. The molecule has 0 saturated carbocycles. The van der Waals surface area contributed by atoms with E-state index < -0.39 is 59.3 Å². The van der Waals surface area contributed by atoms with Gasteiger partial charge in [0.15, 0.2) is 12.3 Å². The lowest BCUT2D eigenvalue weighted by Gasteiger charge is -2.28. The summed E-state index contributed by atoms with van der Waals surface area (Å²) in [6.07, 6.45) is -21.9. The van der Waals surface area contributed by atoms with Gasteiger partial charge < -0.3 is 10.2 Å². The van der Waals surface area contributed by atoms with Gasteiger partial charge in [-0.3, -0.25) is 0 Å². The van der Waals surface area contributed by atoms with Crippen LogP contribution in [0.2, 0.25) is 0 Å². The summed E-state index contributed by atoms with van der Waals surface area (Å²) in [5.74, 6) is -2.46. The van der Waals surface area contributed by atoms with Crippen LogP contribution in [-0.2, 0) is 12.4 Å². The van der Waals surface area contributed by atoms with Gasteiger partial charge in [0.2, 0.25) is 0 Å². The summed E-state index contributed by atoms with van der Waals surface area (Å²) in [4.78, 5) is 0. The van der Waals surface area contributed by atoms with E-state index in [4.69, 9.17) is 5.26 Å². The maximum atomic E-state index is 13.2. The van der Waals surface area contributed by atoms with E-state index in [9.17, 15) is 49.7 Å². The third-order valence-electron chi connectivity index (χ3n) is 3.77. The molecule has 0 aromatic heterocycles. The molecule has 1 aromatic rings. The number of hydrogen-bond acceptors (Lipinski definition) is 5. The number of alkyl halides is 9. The Kier molecular flexibility index (Phi) is 5.30. The van der Waals surface area contributed by atoms with Crippen molar-refractivity contribution in [3.8, 4) is 6.07 Å². The third-order valence-corrected chi connectivity index (χ3v) is 3.77. The largest absolute Gasteiger partial charge is 0.418 e. The Labute approximate surface area is 149 Å². The van der Waals surface area contributed by atoms with Gasteiger partial charge in [-0.1, -0.05) is 0 Å². The number of rotatable bonds is 2. The van der Waals surface area contributed by atoms with Gasteiger partial charge in [0.05, 0.1) is 22.7 Å². The molecule has 0 bridgehead atoms. The molecule has 0 spiro atoms. The van der Waals surface area contributed by atoms with Crippen molar-refractivity contribution in [1.82, 2.24) is 0 Å². The van der Waals surface area contributed by atoms with Crippen LogP contribution in [0.5, 0.6) is 0 Å². The molecular weight excluding hydrogens is 413 g/mol. The monoisotopic (exact) mass is 421 g/mol. The number of nitriles is 1. The van der Waals surface area contributed by atoms with Crippen LogP contribution in [0.4, 0.5) is 45.2 Å². The second-order valence-corrected chi connectivity index (χ2v) is 5.59. The van der Waals surface area contributed by atoms with Crippen molar-refractivity contribution in [2.24, 2.45) is 11.0 Å². The molecule has 3 unspecified atom stereocenters. The molecular formula is C14H8F9N3O2. The first-order chi connectivity index (χ1) is 12.6. The Morgan fingerprint density at radius 2 is 1.61 bits per heavy atom. The number of halogens is 9. The highest BCUT2D eigenvalue weighted by Crippen LogP contribution is 2.43. The predicted molar refractivity (Wildman–Crippen MR) is 73.5 cm³/mol. The first-order valence-electron chi connectivity index (χ1n) is 7.08. The predicted octanol–water partition coefficient (Wildman–Crippen LogP) is 3.28. The zero-order valence-electron chi connectivity index (χ0n) is 13.1. The molecule has 2 N–H and O–H groups in total. The highest BCUT2D eigenvalue weighted by Gasteiger charge is 2.53. The minimum atomic E-state index is -5.40. The maximum absolute atomic E-state index is 13.2. The molecule has 154 valence electrons. The van der Waals surface area contributed by atoms with E-state index in [-0.39, 0.29) is 23.2 Å². The van der Waals surface area contributed by atoms with Crippen molar-refractivity contribution in [2.75, 3.05) is 5.01 Å². The van der Waals surface area contributed by atoms with E-state index in [1.807, 2.05) is 0 Å². The Bertz CT molecular complexity index is 823. The molecule has 1 aliphatic rings. The van der Waals surface area contributed by atoms with Crippen LogP contribution < -0.4 is 5.01 Å². The van der Waals surface area contributed by atoms with Gasteiger partial charge in [0.25, 0.3) is 0 Å². The summed E-state index contributed by atoms with van der Waals surface area (Å²) in [6, 6.07) is 1.26. The van der Waals surface area contributed by atoms with E-state index in [1.165, 1.54) is 0 Å². The zero-order chi connectivity index (χ0) is 21.7. The maximum Gasteiger partial charge on any atom is 0.418 e. The fourth-order valence-corrected chi connectivity index (χ4v) is 2.48. The third kappa shape index (κ3) is 3.99. The molecule has 0 fully saturated rings. The smallest absolute Gasteiger partial charge is 0.383 e. The molecule has 3 atom stereocenters. The van der Waals surface area contributed by atoms with Gasteiger partial charge in [-0.05, 0) is 18.2 Å². The van der Waals surface area contributed by atoms with Crippen LogP contribution in [-0.4, -0.2) is 34.4 Å². The van der Waals surface area contributed by atoms with E-state index >= 15 is 0 Å². The number of aliphatic hydroxyl groups excluding tert-OH is 2. The summed E-state index contributed by atoms with van der Waals surface area (Å²) >= 11 is 0. The van der Waals surface area contributed by atoms with Gasteiger partial charge in [-0.2, -0.15) is 49.9 Å². The van der Waals surface area contributed by atoms with Gasteiger partial charge in [-0.15, -0.1) is 0 Å². The Morgan fingerprint density at radius 1 is 1.04 bits per heavy atom. The molecule has 1 heterocycles. The lowest BCUT2D eigenvalue weighted by Crippen LogP contribution is -2.46. The summed E-state index contributed by atoms with van der Waals surface area (Å²) in [6.45, 7) is 0. The van der Waals surface area contributed by atoms with Crippen LogP contribution in [0, 0.1) is 17.2 Å². The number of aliphatic hydroxyl groups is 2. The second-order valence-electron chi connectivity index (χ2n) is 5.59. The molecule has 0 amide bonds. The molecule has 14 heteroatoms. The normalized spacial score (nSPS) is 22.1. The number of benzene rings is 1. The average Bonchev–Trinajstić information content (AvgIpc) is 2.87. The molecule has 5 nitrogen and oxygen atoms in total. The van der Waals surface area contributed by atoms with E-state index in [1.54, 1.807) is 0 Å². The summed E-state index contributed by atoms with van der Waals surface area (Å²) < 4.78 is 116. The van der Waals surface area contributed by atoms with Crippen molar-refractivity contribution < 1.29 is 49.7 Å². The van der Waals surface area contributed by atoms with E-state index in [0.29, 0.717) is 0 Å². The fourth-order valence-electron chi connectivity index (χ4n) is 2.48. The van der Waals surface area contributed by atoms with Gasteiger partial charge in [0, 0.05) is 0 Å². The van der Waals surface area contributed by atoms with Crippen LogP contribution in [0.25, 0.3) is 0 Å². The highest BCUT2D eigenvalue weighted by atomic mass is 19.4. The quantitative estimate of drug-likeness (QED) is 0.719. The Hall–Kier alpha value is -2.53. The van der Waals surface area contributed by atoms with Crippen LogP contribution in [0.3, 0.4) is 0 Å². The summed E-state index contributed by atoms with van der Waals surface area (Å²) in [5.41, 5.74) is -6.03. The number of anilines is 1. The van der Waals surface area contributed by atoms with Crippen molar-refractivity contribution in [1.29, 1.82) is 5.26 Å². The van der Waals surface area contributed by atoms with Crippen LogP contribution in [0.1, 0.15) is 11.1 Å². The first-order valence-corrected chi connectivity index (χ1v) is 7.08. The molecule has 0 aliphatic carbocycles. The average molecular weight is 421 g/mol. The number of hydrazone groups is 1. The molecule has 1 aliphatic heterocycles. The van der Waals surface area contributed by atoms with Gasteiger partial charge in [0.1, 0.15) is 11.8 Å². The summed E-state index contributed by atoms with van der Waals surface area (Å²) in [7, 11) is 0. The van der Waals surface area contributed by atoms with Gasteiger partial charge >= 0.3 is 18.5 Å². The summed E-state index contributed by atoms with van der Waals surface area (Å²) in [5, 5.41) is 31.2. The highest BCUT2D eigenvalue weighted by molar-refractivity contribution is 6.03. The Morgan fingerprint density at radius 3 is 2.04 bits per heavy atom. The van der Waals surface area contributed by atoms with Crippen molar-refractivity contribution in [2.45, 2.75) is 30.9 Å². The molecule has 0 radical (unpaired) electrons. The minimum absolute atomic E-state index is 0.0822. The number of hydrogen-bond donors (Lipinski definition) is 2. The minimum Gasteiger partial charge on any atom is -0.383 e. The first kappa shape index (κ1) is 21.8. The molecule has 2 rings (SSSR count). The van der Waals surface area contributed by atoms with Crippen molar-refractivity contribution >= 4 is 11.4 Å². The van der Waals surface area contributed by atoms with Crippen LogP contribution in [0.15, 0.2) is 23.3 Å². The standard InChI is InChI=1S/C14H8F9N3O2/c15-12(16,17)5-1-2-8(6(3-5)13(18,19)20)26-11(28)9(7(4-24)25-26)10(27)14(21,22)23/h1-3,9-11,27-28H. The lowest BCUT2D eigenvalue weighted by molar-refractivity contribution is -0.218. The molecule has 0 saturated heterocycles. The van der Waals surface area contributed by atoms with Crippen LogP contribution >= 0.6 is 0 Å². The molecule has 28 heavy (non-hydrogen) atoms. The van der Waals surface area contributed by atoms with E-state index in [2.05, 4.69) is 5.10 Å². The van der Waals surface area contributed by atoms with Crippen molar-refractivity contribution in [3.05, 3.63) is 29.3 Å². The Balaban J connectivity index is 2.59. The topological polar surface area (TPSA) is 79.9 Å². The molecule has 1 aromatic carbocycles. The van der Waals surface area contributed by atoms with E-state index in [0.717, 1.165) is 6.07 Å². The SMILES string of the molecule is N#CC1=NN(c2ccc(C(F)(F)F)cc2C(F)(F)F)C(O)C1C(O)C(F)(F)F. The second kappa shape index (κ2) is 6.82. The number of nitrogens with zero attached hydrogens (tertiary/aromatic N) is 3. The van der Waals surface area contributed by atoms with Crippen molar-refractivity contribution in [3.63, 3.8) is 0 Å². The lowest BCUT2D eigenvalue weighted by atomic mass is 9.95. The fraction of sp³-hybridized carbons (Fsp3) is 0.429. The van der Waals surface area contributed by atoms with Gasteiger partial charge in [-0.25, -0.2) is 5.01 Å².